The van der Waals surface area contributed by atoms with E-state index in [1.165, 1.54) is 6.07 Å². The minimum atomic E-state index is -0.240. The van der Waals surface area contributed by atoms with Gasteiger partial charge in [-0.15, -0.1) is 0 Å². The highest BCUT2D eigenvalue weighted by Crippen LogP contribution is 2.55. The molecule has 3 fully saturated rings. The summed E-state index contributed by atoms with van der Waals surface area (Å²) in [4.78, 5) is 30.9. The molecule has 6 nitrogen and oxygen atoms in total. The number of amides is 1. The van der Waals surface area contributed by atoms with Gasteiger partial charge in [-0.25, -0.2) is 0 Å². The molecule has 124 valence electrons. The normalized spacial score (nSPS) is 35.1. The monoisotopic (exact) mass is 317 g/mol. The number of likely N-dealkylation sites (tertiary alicyclic amines) is 1. The van der Waals surface area contributed by atoms with Gasteiger partial charge in [0, 0.05) is 31.0 Å². The summed E-state index contributed by atoms with van der Waals surface area (Å²) in [7, 11) is 4.18. The molecule has 1 amide bonds. The number of ether oxygens (including phenoxy) is 1. The first-order chi connectivity index (χ1) is 11.0. The molecule has 0 aromatic carbocycles. The van der Waals surface area contributed by atoms with Crippen molar-refractivity contribution in [2.24, 2.45) is 11.8 Å². The van der Waals surface area contributed by atoms with Crippen molar-refractivity contribution in [3.8, 4) is 0 Å². The molecule has 1 aromatic heterocycles. The Morgan fingerprint density at radius 3 is 3.04 bits per heavy atom. The zero-order valence-corrected chi connectivity index (χ0v) is 13.6. The molecule has 0 saturated carbocycles. The van der Waals surface area contributed by atoms with Crippen molar-refractivity contribution in [3.63, 3.8) is 0 Å². The van der Waals surface area contributed by atoms with E-state index in [1.807, 2.05) is 4.90 Å². The van der Waals surface area contributed by atoms with Gasteiger partial charge in [0.2, 0.25) is 5.56 Å². The van der Waals surface area contributed by atoms with Gasteiger partial charge >= 0.3 is 0 Å². The number of carbonyl (C=O) groups is 1. The highest BCUT2D eigenvalue weighted by molar-refractivity contribution is 5.92. The Labute approximate surface area is 135 Å². The molecule has 1 aromatic rings. The third kappa shape index (κ3) is 2.32. The van der Waals surface area contributed by atoms with Gasteiger partial charge in [-0.1, -0.05) is 6.07 Å². The Balaban J connectivity index is 1.56. The number of H-pyrrole nitrogens is 1. The third-order valence-corrected chi connectivity index (χ3v) is 5.65. The topological polar surface area (TPSA) is 65.6 Å². The van der Waals surface area contributed by atoms with Crippen molar-refractivity contribution in [2.45, 2.75) is 24.5 Å². The lowest BCUT2D eigenvalue weighted by Gasteiger charge is -2.30. The van der Waals surface area contributed by atoms with Crippen LogP contribution in [0.15, 0.2) is 23.0 Å². The van der Waals surface area contributed by atoms with Crippen molar-refractivity contribution >= 4 is 5.91 Å². The smallest absolute Gasteiger partial charge is 0.270 e. The summed E-state index contributed by atoms with van der Waals surface area (Å²) in [5.74, 6) is 0.802. The predicted octanol–water partition coefficient (Wildman–Crippen LogP) is 0.556. The Kier molecular flexibility index (Phi) is 3.35. The molecule has 23 heavy (non-hydrogen) atoms. The molecule has 4 heterocycles. The first-order valence-electron chi connectivity index (χ1n) is 8.30. The van der Waals surface area contributed by atoms with E-state index in [0.717, 1.165) is 25.9 Å². The van der Waals surface area contributed by atoms with Crippen molar-refractivity contribution in [3.05, 3.63) is 34.2 Å². The molecule has 3 aliphatic rings. The second kappa shape index (κ2) is 5.18. The van der Waals surface area contributed by atoms with Crippen LogP contribution >= 0.6 is 0 Å². The Bertz CT molecular complexity index is 686. The zero-order chi connectivity index (χ0) is 16.2. The molecule has 2 bridgehead atoms. The van der Waals surface area contributed by atoms with Gasteiger partial charge in [0.1, 0.15) is 5.69 Å². The van der Waals surface area contributed by atoms with Gasteiger partial charge in [-0.05, 0) is 33.0 Å². The largest absolute Gasteiger partial charge is 0.369 e. The zero-order valence-electron chi connectivity index (χ0n) is 13.6. The van der Waals surface area contributed by atoms with Crippen LogP contribution in [-0.4, -0.2) is 66.1 Å². The van der Waals surface area contributed by atoms with Crippen LogP contribution in [-0.2, 0) is 4.74 Å². The maximum absolute atomic E-state index is 12.7. The molecule has 0 aliphatic carbocycles. The number of carbonyl (C=O) groups excluding carboxylic acids is 1. The number of hydrogen-bond acceptors (Lipinski definition) is 4. The molecule has 0 radical (unpaired) electrons. The molecular formula is C17H23N3O3. The van der Waals surface area contributed by atoms with Gasteiger partial charge < -0.3 is 19.5 Å². The number of aromatic nitrogens is 1. The highest BCUT2D eigenvalue weighted by Gasteiger charge is 2.63. The molecule has 3 saturated heterocycles. The highest BCUT2D eigenvalue weighted by atomic mass is 16.5. The van der Waals surface area contributed by atoms with Crippen LogP contribution in [0.4, 0.5) is 0 Å². The molecule has 6 heteroatoms. The lowest BCUT2D eigenvalue weighted by molar-refractivity contribution is 0.00250. The fraction of sp³-hybridized carbons (Fsp3) is 0.647. The number of rotatable bonds is 3. The lowest BCUT2D eigenvalue weighted by atomic mass is 9.73. The van der Waals surface area contributed by atoms with E-state index in [4.69, 9.17) is 4.74 Å². The van der Waals surface area contributed by atoms with E-state index in [0.29, 0.717) is 30.2 Å². The van der Waals surface area contributed by atoms with Crippen molar-refractivity contribution in [1.82, 2.24) is 14.8 Å². The molecule has 4 rings (SSSR count). The lowest BCUT2D eigenvalue weighted by Crippen LogP contribution is -2.40. The molecule has 0 unspecified atom stereocenters. The van der Waals surface area contributed by atoms with Gasteiger partial charge in [-0.2, -0.15) is 0 Å². The van der Waals surface area contributed by atoms with E-state index >= 15 is 0 Å². The standard InChI is InChI=1S/C17H23N3O3/c1-19(2)8-11-12-9-20(10-17(12)7-6-14(11)23-17)16(22)13-4-3-5-15(21)18-13/h3-5,11-12,14H,6-10H2,1-2H3,(H,18,21)/t11-,12+,14+,17+/m1/s1. The first kappa shape index (κ1) is 14.9. The summed E-state index contributed by atoms with van der Waals surface area (Å²) in [5, 5.41) is 0. The van der Waals surface area contributed by atoms with Crippen LogP contribution in [0.5, 0.6) is 0 Å². The summed E-state index contributed by atoms with van der Waals surface area (Å²) >= 11 is 0. The third-order valence-electron chi connectivity index (χ3n) is 5.65. The predicted molar refractivity (Wildman–Crippen MR) is 85.3 cm³/mol. The number of fused-ring (bicyclic) bond motifs is 1. The van der Waals surface area contributed by atoms with Crippen molar-refractivity contribution in [1.29, 1.82) is 0 Å². The van der Waals surface area contributed by atoms with Crippen LogP contribution in [0.3, 0.4) is 0 Å². The van der Waals surface area contributed by atoms with Crippen molar-refractivity contribution in [2.75, 3.05) is 33.7 Å². The number of aromatic amines is 1. The molecule has 4 atom stereocenters. The van der Waals surface area contributed by atoms with Gasteiger partial charge in [0.05, 0.1) is 18.2 Å². The average Bonchev–Trinajstić information content (AvgIpc) is 3.15. The van der Waals surface area contributed by atoms with Crippen LogP contribution < -0.4 is 5.56 Å². The van der Waals surface area contributed by atoms with E-state index < -0.39 is 0 Å². The summed E-state index contributed by atoms with van der Waals surface area (Å²) in [6.45, 7) is 2.37. The number of nitrogens with zero attached hydrogens (tertiary/aromatic N) is 2. The van der Waals surface area contributed by atoms with E-state index in [9.17, 15) is 9.59 Å². The number of nitrogens with one attached hydrogen (secondary N) is 1. The molecule has 1 N–H and O–H groups in total. The van der Waals surface area contributed by atoms with Gasteiger partial charge in [-0.3, -0.25) is 9.59 Å². The molecular weight excluding hydrogens is 294 g/mol. The van der Waals surface area contributed by atoms with E-state index in [1.54, 1.807) is 12.1 Å². The minimum Gasteiger partial charge on any atom is -0.369 e. The Morgan fingerprint density at radius 2 is 2.30 bits per heavy atom. The summed E-state index contributed by atoms with van der Waals surface area (Å²) in [5.41, 5.74) is -0.0283. The molecule has 3 aliphatic heterocycles. The van der Waals surface area contributed by atoms with E-state index in [-0.39, 0.29) is 17.1 Å². The second-order valence-corrected chi connectivity index (χ2v) is 7.41. The maximum Gasteiger partial charge on any atom is 0.270 e. The summed E-state index contributed by atoms with van der Waals surface area (Å²) in [6.07, 6.45) is 2.48. The Hall–Kier alpha value is -1.66. The van der Waals surface area contributed by atoms with Gasteiger partial charge in [0.15, 0.2) is 0 Å². The molecule has 1 spiro atoms. The maximum atomic E-state index is 12.7. The fourth-order valence-electron chi connectivity index (χ4n) is 4.75. The summed E-state index contributed by atoms with van der Waals surface area (Å²) in [6, 6.07) is 4.72. The fourth-order valence-corrected chi connectivity index (χ4v) is 4.75. The number of hydrogen-bond donors (Lipinski definition) is 1. The van der Waals surface area contributed by atoms with E-state index in [2.05, 4.69) is 24.0 Å². The van der Waals surface area contributed by atoms with Crippen LogP contribution in [0.2, 0.25) is 0 Å². The Morgan fingerprint density at radius 1 is 1.48 bits per heavy atom. The first-order valence-corrected chi connectivity index (χ1v) is 8.30. The van der Waals surface area contributed by atoms with Gasteiger partial charge in [0.25, 0.3) is 5.91 Å². The van der Waals surface area contributed by atoms with Crippen LogP contribution in [0.25, 0.3) is 0 Å². The second-order valence-electron chi connectivity index (χ2n) is 7.41. The van der Waals surface area contributed by atoms with Crippen molar-refractivity contribution < 1.29 is 9.53 Å². The van der Waals surface area contributed by atoms with Crippen LogP contribution in [0.1, 0.15) is 23.3 Å². The van der Waals surface area contributed by atoms with Crippen LogP contribution in [0, 0.1) is 11.8 Å². The SMILES string of the molecule is CN(C)C[C@H]1[C@@H]2CC[C@@]3(CN(C(=O)c4cccc(=O)[nH]4)C[C@@H]13)O2. The minimum absolute atomic E-state index is 0.0953. The summed E-state index contributed by atoms with van der Waals surface area (Å²) < 4.78 is 6.34. The quantitative estimate of drug-likeness (QED) is 0.884. The number of pyridine rings is 1. The average molecular weight is 317 g/mol.